The Balaban J connectivity index is 0. The third-order valence-electron chi connectivity index (χ3n) is 0.316. The third-order valence-corrected chi connectivity index (χ3v) is 0.316. The van der Waals surface area contributed by atoms with Gasteiger partial charge in [0.1, 0.15) is 0 Å². The summed E-state index contributed by atoms with van der Waals surface area (Å²) in [5.74, 6) is 0. The van der Waals surface area contributed by atoms with Crippen molar-refractivity contribution in [3.8, 4) is 0 Å². The molecule has 0 saturated heterocycles. The van der Waals surface area contributed by atoms with Crippen LogP contribution in [0.1, 0.15) is 6.92 Å². The summed E-state index contributed by atoms with van der Waals surface area (Å²) in [6.07, 6.45) is 0. The molecule has 38 valence electrons. The Morgan fingerprint density at radius 3 is 2.00 bits per heavy atom. The van der Waals surface area contributed by atoms with Crippen LogP contribution < -0.4 is 0 Å². The molecule has 0 bridgehead atoms. The van der Waals surface area contributed by atoms with Crippen LogP contribution in [-0.4, -0.2) is 75.4 Å². The molecule has 0 aromatic heterocycles. The summed E-state index contributed by atoms with van der Waals surface area (Å²) in [7, 11) is -1.60. The van der Waals surface area contributed by atoms with E-state index >= 15 is 0 Å². The van der Waals surface area contributed by atoms with Gasteiger partial charge in [-0.2, -0.15) is 0 Å². The van der Waals surface area contributed by atoms with Gasteiger partial charge in [0, 0.05) is 6.61 Å². The van der Waals surface area contributed by atoms with Gasteiger partial charge in [-0.25, -0.2) is 0 Å². The number of rotatable bonds is 2. The van der Waals surface area contributed by atoms with Crippen molar-refractivity contribution in [3.63, 3.8) is 0 Å². The van der Waals surface area contributed by atoms with Crippen LogP contribution in [0.15, 0.2) is 0 Å². The first-order valence-corrected chi connectivity index (χ1v) is 1.75. The minimum atomic E-state index is -1.60. The van der Waals surface area contributed by atoms with Gasteiger partial charge < -0.3 is 14.7 Å². The molecule has 0 saturated carbocycles. The van der Waals surface area contributed by atoms with Gasteiger partial charge in [0.2, 0.25) is 0 Å². The predicted octanol–water partition coefficient (Wildman–Crippen LogP) is -1.66. The second-order valence-corrected chi connectivity index (χ2v) is 0.782. The van der Waals surface area contributed by atoms with E-state index in [1.165, 1.54) is 0 Å². The molecule has 0 atom stereocenters. The Morgan fingerprint density at radius 1 is 1.57 bits per heavy atom. The van der Waals surface area contributed by atoms with Crippen LogP contribution >= 0.6 is 0 Å². The Kier molecular flexibility index (Phi) is 12.3. The summed E-state index contributed by atoms with van der Waals surface area (Å²) in [4.78, 5) is 0. The summed E-state index contributed by atoms with van der Waals surface area (Å²) < 4.78 is 4.15. The second kappa shape index (κ2) is 7.58. The van der Waals surface area contributed by atoms with Gasteiger partial charge in [0.25, 0.3) is 0 Å². The van der Waals surface area contributed by atoms with E-state index < -0.39 is 7.32 Å². The van der Waals surface area contributed by atoms with Gasteiger partial charge in [-0.15, -0.1) is 0 Å². The molecule has 3 nitrogen and oxygen atoms in total. The Morgan fingerprint density at radius 2 is 2.00 bits per heavy atom. The summed E-state index contributed by atoms with van der Waals surface area (Å²) >= 11 is 0. The molecule has 0 spiro atoms. The van der Waals surface area contributed by atoms with Crippen molar-refractivity contribution in [2.24, 2.45) is 0 Å². The zero-order valence-electron chi connectivity index (χ0n) is 3.59. The van der Waals surface area contributed by atoms with Crippen molar-refractivity contribution in [1.82, 2.24) is 0 Å². The van der Waals surface area contributed by atoms with E-state index in [2.05, 4.69) is 4.65 Å². The first-order valence-electron chi connectivity index (χ1n) is 1.75. The average Bonchev–Trinajstić information content (AvgIpc) is 1.35. The van der Waals surface area contributed by atoms with E-state index in [0.717, 1.165) is 0 Å². The molecule has 0 amide bonds. The summed E-state index contributed by atoms with van der Waals surface area (Å²) in [5, 5.41) is 15.8. The molecule has 0 aliphatic carbocycles. The molecular weight excluding hydrogens is 122 g/mol. The number of hydrogen-bond acceptors (Lipinski definition) is 3. The maximum atomic E-state index is 7.89. The molecule has 0 rings (SSSR count). The molecule has 0 heterocycles. The van der Waals surface area contributed by atoms with Crippen LogP contribution in [-0.2, 0) is 4.65 Å². The van der Waals surface area contributed by atoms with Crippen molar-refractivity contribution < 1.29 is 14.7 Å². The first-order chi connectivity index (χ1) is 2.77. The zero-order valence-corrected chi connectivity index (χ0v) is 3.59. The van der Waals surface area contributed by atoms with E-state index in [0.29, 0.717) is 6.61 Å². The normalized spacial score (nSPS) is 7.29. The average molecular weight is 130 g/mol. The minimum absolute atomic E-state index is 0. The molecule has 0 unspecified atom stereocenters. The standard InChI is InChI=1S/C2H7BO3.K.H/c1-2-6-3(4)5;;/h4-5H,2H2,1H3;;. The van der Waals surface area contributed by atoms with Gasteiger partial charge in [0.05, 0.1) is 0 Å². The molecule has 0 aromatic rings. The van der Waals surface area contributed by atoms with E-state index in [9.17, 15) is 0 Å². The van der Waals surface area contributed by atoms with E-state index in [-0.39, 0.29) is 51.4 Å². The molecule has 0 fully saturated rings. The third kappa shape index (κ3) is 11.3. The van der Waals surface area contributed by atoms with Gasteiger partial charge in [0.15, 0.2) is 0 Å². The van der Waals surface area contributed by atoms with Crippen LogP contribution in [0.5, 0.6) is 0 Å². The van der Waals surface area contributed by atoms with Gasteiger partial charge in [-0.3, -0.25) is 0 Å². The van der Waals surface area contributed by atoms with Gasteiger partial charge in [-0.05, 0) is 6.92 Å². The summed E-state index contributed by atoms with van der Waals surface area (Å²) in [6.45, 7) is 2.01. The topological polar surface area (TPSA) is 49.7 Å². The number of hydrogen-bond donors (Lipinski definition) is 2. The monoisotopic (exact) mass is 130 g/mol. The first kappa shape index (κ1) is 11.4. The van der Waals surface area contributed by atoms with Crippen LogP contribution in [0.2, 0.25) is 0 Å². The maximum absolute atomic E-state index is 7.89. The van der Waals surface area contributed by atoms with Crippen molar-refractivity contribution in [3.05, 3.63) is 0 Å². The molecule has 0 aliphatic rings. The Labute approximate surface area is 85.7 Å². The van der Waals surface area contributed by atoms with Crippen LogP contribution in [0, 0.1) is 0 Å². The fraction of sp³-hybridized carbons (Fsp3) is 1.00. The predicted molar refractivity (Wildman–Crippen MR) is 29.0 cm³/mol. The zero-order chi connectivity index (χ0) is 4.99. The Hall–Kier alpha value is 1.58. The molecule has 7 heavy (non-hydrogen) atoms. The fourth-order valence-corrected chi connectivity index (χ4v) is 0.149. The van der Waals surface area contributed by atoms with E-state index in [1.807, 2.05) is 0 Å². The van der Waals surface area contributed by atoms with Crippen LogP contribution in [0.4, 0.5) is 0 Å². The Bertz CT molecular complexity index is 34.1. The van der Waals surface area contributed by atoms with Crippen LogP contribution in [0.25, 0.3) is 0 Å². The van der Waals surface area contributed by atoms with Crippen molar-refractivity contribution in [2.45, 2.75) is 6.92 Å². The van der Waals surface area contributed by atoms with Gasteiger partial charge >= 0.3 is 58.7 Å². The van der Waals surface area contributed by atoms with Crippen molar-refractivity contribution in [1.29, 1.82) is 0 Å². The molecule has 5 heteroatoms. The molecule has 0 radical (unpaired) electrons. The van der Waals surface area contributed by atoms with E-state index in [4.69, 9.17) is 10.0 Å². The molecule has 0 aromatic carbocycles. The van der Waals surface area contributed by atoms with Crippen LogP contribution in [0.3, 0.4) is 0 Å². The van der Waals surface area contributed by atoms with Crippen molar-refractivity contribution in [2.75, 3.05) is 6.61 Å². The second-order valence-electron chi connectivity index (χ2n) is 0.782. The fourth-order valence-electron chi connectivity index (χ4n) is 0.149. The van der Waals surface area contributed by atoms with E-state index in [1.54, 1.807) is 6.92 Å². The molecular formula is C2H8BKO3. The van der Waals surface area contributed by atoms with Gasteiger partial charge in [-0.1, -0.05) is 0 Å². The SMILES string of the molecule is CCOB(O)O.[KH]. The molecule has 0 aliphatic heterocycles. The molecule has 2 N–H and O–H groups in total. The summed E-state index contributed by atoms with van der Waals surface area (Å²) in [6, 6.07) is 0. The summed E-state index contributed by atoms with van der Waals surface area (Å²) in [5.41, 5.74) is 0. The quantitative estimate of drug-likeness (QED) is 0.440. The van der Waals surface area contributed by atoms with Crippen molar-refractivity contribution >= 4 is 58.7 Å².